The fraction of sp³-hybridized carbons (Fsp3) is 0.286. The van der Waals surface area contributed by atoms with Crippen molar-refractivity contribution in [2.45, 2.75) is 50.2 Å². The third-order valence-corrected chi connectivity index (χ3v) is 7.43. The van der Waals surface area contributed by atoms with Crippen LogP contribution in [0.1, 0.15) is 37.7 Å². The normalized spacial score (nSPS) is 14.2. The molecule has 5 rings (SSSR count). The standard InChI is InChI=1S/C28H28N4O2S/c1-20-11-10-18-29-26(20)32-27(34)23-16-8-9-17-24(23)30-28(32)35-19-25(33)31(21-12-4-2-5-13-21)22-14-6-3-7-15-22/h2,4-5,8-13,16-18,22H,3,6-7,14-15,19H2,1H3. The summed E-state index contributed by atoms with van der Waals surface area (Å²) in [4.78, 5) is 38.4. The van der Waals surface area contributed by atoms with E-state index < -0.39 is 0 Å². The number of benzene rings is 2. The molecule has 35 heavy (non-hydrogen) atoms. The van der Waals surface area contributed by atoms with Gasteiger partial charge in [0.2, 0.25) is 5.91 Å². The highest BCUT2D eigenvalue weighted by atomic mass is 32.2. The van der Waals surface area contributed by atoms with Gasteiger partial charge in [0.1, 0.15) is 5.82 Å². The predicted octanol–water partition coefficient (Wildman–Crippen LogP) is 5.55. The minimum atomic E-state index is -0.181. The Morgan fingerprint density at radius 2 is 1.74 bits per heavy atom. The Morgan fingerprint density at radius 3 is 2.51 bits per heavy atom. The van der Waals surface area contributed by atoms with Gasteiger partial charge in [0.05, 0.1) is 16.7 Å². The average Bonchev–Trinajstić information content (AvgIpc) is 2.90. The molecule has 1 aliphatic rings. The minimum absolute atomic E-state index is 0.0276. The molecule has 1 saturated carbocycles. The maximum atomic E-state index is 13.7. The first kappa shape index (κ1) is 23.3. The summed E-state index contributed by atoms with van der Waals surface area (Å²) >= 11 is 1.30. The number of amides is 1. The van der Waals surface area contributed by atoms with Gasteiger partial charge in [-0.2, -0.15) is 0 Å². The number of hydrogen-bond acceptors (Lipinski definition) is 5. The van der Waals surface area contributed by atoms with Gasteiger partial charge in [0.15, 0.2) is 5.16 Å². The smallest absolute Gasteiger partial charge is 0.267 e. The van der Waals surface area contributed by atoms with Gasteiger partial charge in [-0.05, 0) is 55.7 Å². The molecule has 0 unspecified atom stereocenters. The Bertz CT molecular complexity index is 1400. The molecule has 2 heterocycles. The summed E-state index contributed by atoms with van der Waals surface area (Å²) in [7, 11) is 0. The Kier molecular flexibility index (Phi) is 6.95. The highest BCUT2D eigenvalue weighted by Gasteiger charge is 2.27. The number of hydrogen-bond donors (Lipinski definition) is 0. The summed E-state index contributed by atoms with van der Waals surface area (Å²) in [6, 6.07) is 21.2. The lowest BCUT2D eigenvalue weighted by molar-refractivity contribution is -0.116. The van der Waals surface area contributed by atoms with Crippen LogP contribution in [-0.4, -0.2) is 32.2 Å². The van der Waals surface area contributed by atoms with Crippen molar-refractivity contribution < 1.29 is 4.79 Å². The summed E-state index contributed by atoms with van der Waals surface area (Å²) in [6.45, 7) is 1.92. The molecule has 0 bridgehead atoms. The highest BCUT2D eigenvalue weighted by Crippen LogP contribution is 2.29. The van der Waals surface area contributed by atoms with Gasteiger partial charge in [-0.1, -0.05) is 67.4 Å². The zero-order valence-electron chi connectivity index (χ0n) is 19.8. The van der Waals surface area contributed by atoms with E-state index >= 15 is 0 Å². The number of para-hydroxylation sites is 2. The van der Waals surface area contributed by atoms with Crippen LogP contribution in [0.2, 0.25) is 0 Å². The summed E-state index contributed by atoms with van der Waals surface area (Å²) in [5, 5.41) is 1.00. The van der Waals surface area contributed by atoms with Gasteiger partial charge in [-0.15, -0.1) is 0 Å². The van der Waals surface area contributed by atoms with Crippen molar-refractivity contribution in [3.8, 4) is 5.82 Å². The van der Waals surface area contributed by atoms with Gasteiger partial charge in [0.25, 0.3) is 5.56 Å². The molecule has 2 aromatic carbocycles. The third kappa shape index (κ3) is 4.86. The molecule has 1 amide bonds. The molecule has 0 radical (unpaired) electrons. The van der Waals surface area contributed by atoms with E-state index in [0.717, 1.165) is 36.9 Å². The fourth-order valence-electron chi connectivity index (χ4n) is 4.79. The quantitative estimate of drug-likeness (QED) is 0.265. The molecule has 4 aromatic rings. The van der Waals surface area contributed by atoms with Gasteiger partial charge >= 0.3 is 0 Å². The Hall–Kier alpha value is -3.45. The highest BCUT2D eigenvalue weighted by molar-refractivity contribution is 7.99. The summed E-state index contributed by atoms with van der Waals surface area (Å²) in [5.74, 6) is 0.750. The molecule has 0 saturated heterocycles. The van der Waals surface area contributed by atoms with E-state index in [9.17, 15) is 9.59 Å². The van der Waals surface area contributed by atoms with E-state index in [1.165, 1.54) is 18.2 Å². The number of nitrogens with zero attached hydrogens (tertiary/aromatic N) is 4. The monoisotopic (exact) mass is 484 g/mol. The van der Waals surface area contributed by atoms with E-state index in [0.29, 0.717) is 21.9 Å². The summed E-state index contributed by atoms with van der Waals surface area (Å²) in [5.41, 5.74) is 2.23. The Labute approximate surface area is 209 Å². The van der Waals surface area contributed by atoms with Crippen LogP contribution in [0.4, 0.5) is 5.69 Å². The zero-order chi connectivity index (χ0) is 24.2. The van der Waals surface area contributed by atoms with Crippen molar-refractivity contribution >= 4 is 34.3 Å². The van der Waals surface area contributed by atoms with E-state index in [2.05, 4.69) is 4.98 Å². The Balaban J connectivity index is 1.51. The van der Waals surface area contributed by atoms with Crippen molar-refractivity contribution in [2.75, 3.05) is 10.7 Å². The predicted molar refractivity (Wildman–Crippen MR) is 141 cm³/mol. The molecule has 6 nitrogen and oxygen atoms in total. The van der Waals surface area contributed by atoms with E-state index in [1.54, 1.807) is 16.8 Å². The molecule has 178 valence electrons. The molecule has 0 N–H and O–H groups in total. The van der Waals surface area contributed by atoms with Crippen LogP contribution in [0.5, 0.6) is 0 Å². The molecule has 1 aliphatic carbocycles. The number of anilines is 1. The first-order chi connectivity index (χ1) is 17.1. The molecule has 2 aromatic heterocycles. The number of aryl methyl sites for hydroxylation is 1. The van der Waals surface area contributed by atoms with Crippen molar-refractivity contribution in [1.82, 2.24) is 14.5 Å². The van der Waals surface area contributed by atoms with Crippen LogP contribution in [0, 0.1) is 6.92 Å². The number of carbonyl (C=O) groups is 1. The number of rotatable bonds is 6. The van der Waals surface area contributed by atoms with Gasteiger partial charge in [-0.25, -0.2) is 14.5 Å². The molecular weight excluding hydrogens is 456 g/mol. The average molecular weight is 485 g/mol. The molecular formula is C28H28N4O2S. The maximum Gasteiger partial charge on any atom is 0.267 e. The molecule has 1 fully saturated rings. The van der Waals surface area contributed by atoms with Crippen LogP contribution in [0.25, 0.3) is 16.7 Å². The van der Waals surface area contributed by atoms with Crippen molar-refractivity contribution in [3.63, 3.8) is 0 Å². The van der Waals surface area contributed by atoms with Gasteiger partial charge in [-0.3, -0.25) is 9.59 Å². The first-order valence-corrected chi connectivity index (χ1v) is 13.1. The molecule has 0 aliphatic heterocycles. The second-order valence-corrected chi connectivity index (χ2v) is 9.82. The first-order valence-electron chi connectivity index (χ1n) is 12.1. The number of carbonyl (C=O) groups excluding carboxylic acids is 1. The minimum Gasteiger partial charge on any atom is -0.309 e. The third-order valence-electron chi connectivity index (χ3n) is 6.51. The van der Waals surface area contributed by atoms with Gasteiger partial charge in [0, 0.05) is 17.9 Å². The Morgan fingerprint density at radius 1 is 1.00 bits per heavy atom. The number of pyridine rings is 1. The number of aromatic nitrogens is 3. The molecule has 7 heteroatoms. The van der Waals surface area contributed by atoms with E-state index in [1.807, 2.05) is 72.5 Å². The van der Waals surface area contributed by atoms with Gasteiger partial charge < -0.3 is 4.90 Å². The molecule has 0 atom stereocenters. The van der Waals surface area contributed by atoms with Crippen molar-refractivity contribution in [1.29, 1.82) is 0 Å². The fourth-order valence-corrected chi connectivity index (χ4v) is 5.64. The van der Waals surface area contributed by atoms with Crippen LogP contribution >= 0.6 is 11.8 Å². The SMILES string of the molecule is Cc1cccnc1-n1c(SCC(=O)N(c2ccccc2)C2CCCCC2)nc2ccccc2c1=O. The topological polar surface area (TPSA) is 68.1 Å². The summed E-state index contributed by atoms with van der Waals surface area (Å²) in [6.07, 6.45) is 7.19. The second-order valence-electron chi connectivity index (χ2n) is 8.88. The second kappa shape index (κ2) is 10.4. The molecule has 0 spiro atoms. The van der Waals surface area contributed by atoms with E-state index in [-0.39, 0.29) is 23.3 Å². The lowest BCUT2D eigenvalue weighted by Crippen LogP contribution is -2.42. The van der Waals surface area contributed by atoms with Crippen molar-refractivity contribution in [2.24, 2.45) is 0 Å². The lowest BCUT2D eigenvalue weighted by Gasteiger charge is -2.34. The maximum absolute atomic E-state index is 13.7. The van der Waals surface area contributed by atoms with Crippen LogP contribution in [-0.2, 0) is 4.79 Å². The van der Waals surface area contributed by atoms with E-state index in [4.69, 9.17) is 4.98 Å². The van der Waals surface area contributed by atoms with Crippen molar-refractivity contribution in [3.05, 3.63) is 88.8 Å². The van der Waals surface area contributed by atoms with Crippen LogP contribution in [0.3, 0.4) is 0 Å². The van der Waals surface area contributed by atoms with Crippen LogP contribution < -0.4 is 10.5 Å². The largest absolute Gasteiger partial charge is 0.309 e. The lowest BCUT2D eigenvalue weighted by atomic mass is 9.93. The number of fused-ring (bicyclic) bond motifs is 1. The summed E-state index contributed by atoms with van der Waals surface area (Å²) < 4.78 is 1.54. The zero-order valence-corrected chi connectivity index (χ0v) is 20.6. The number of thioether (sulfide) groups is 1. The van der Waals surface area contributed by atoms with Crippen LogP contribution in [0.15, 0.2) is 82.9 Å².